The van der Waals surface area contributed by atoms with Crippen LogP contribution < -0.4 is 5.32 Å². The maximum Gasteiger partial charge on any atom is 0.305 e. The SMILES string of the molecule is CCCCC/C=C\CCCCCCCC(=O)OCCCCCCCC/C=C\C/C=C\CCC(=O)NC(CO)C(O)CCCCCCCCCCCCCCCCC. The predicted octanol–water partition coefficient (Wildman–Crippen LogP) is 14.5. The molecule has 0 saturated carbocycles. The fraction of sp³-hybridized carbons (Fsp3) is 0.843. The number of unbranched alkanes of at least 4 members (excludes halogenated alkanes) is 28. The first-order valence-corrected chi connectivity index (χ1v) is 24.7. The molecule has 0 aliphatic rings. The van der Waals surface area contributed by atoms with Crippen LogP contribution in [-0.4, -0.2) is 47.4 Å². The molecule has 0 aliphatic heterocycles. The number of hydrogen-bond donors (Lipinski definition) is 3. The summed E-state index contributed by atoms with van der Waals surface area (Å²) in [6, 6.07) is -0.585. The van der Waals surface area contributed by atoms with Gasteiger partial charge in [0.2, 0.25) is 5.91 Å². The lowest BCUT2D eigenvalue weighted by Crippen LogP contribution is -2.45. The highest BCUT2D eigenvalue weighted by molar-refractivity contribution is 5.76. The van der Waals surface area contributed by atoms with Gasteiger partial charge < -0.3 is 20.3 Å². The summed E-state index contributed by atoms with van der Waals surface area (Å²) in [6.45, 7) is 4.85. The van der Waals surface area contributed by atoms with Gasteiger partial charge in [0, 0.05) is 12.8 Å². The second-order valence-corrected chi connectivity index (χ2v) is 16.8. The van der Waals surface area contributed by atoms with Crippen molar-refractivity contribution in [1.29, 1.82) is 0 Å². The minimum absolute atomic E-state index is 0.0277. The minimum Gasteiger partial charge on any atom is -0.466 e. The quantitative estimate of drug-likeness (QED) is 0.0324. The number of amides is 1. The molecule has 0 aliphatic carbocycles. The third-order valence-electron chi connectivity index (χ3n) is 11.2. The van der Waals surface area contributed by atoms with E-state index in [1.54, 1.807) is 0 Å². The highest BCUT2D eigenvalue weighted by Gasteiger charge is 2.19. The van der Waals surface area contributed by atoms with Crippen molar-refractivity contribution in [3.63, 3.8) is 0 Å². The molecule has 3 N–H and O–H groups in total. The second kappa shape index (κ2) is 46.8. The monoisotopic (exact) mass is 802 g/mol. The van der Waals surface area contributed by atoms with E-state index in [2.05, 4.69) is 49.5 Å². The van der Waals surface area contributed by atoms with Gasteiger partial charge in [-0.15, -0.1) is 0 Å². The Morgan fingerprint density at radius 3 is 1.42 bits per heavy atom. The van der Waals surface area contributed by atoms with E-state index in [1.165, 1.54) is 161 Å². The Bertz CT molecular complexity index is 931. The first kappa shape index (κ1) is 55.1. The number of allylic oxidation sites excluding steroid dienone is 6. The number of ether oxygens (including phenoxy) is 1. The third-order valence-corrected chi connectivity index (χ3v) is 11.2. The molecule has 57 heavy (non-hydrogen) atoms. The van der Waals surface area contributed by atoms with Crippen LogP contribution in [0.25, 0.3) is 0 Å². The summed E-state index contributed by atoms with van der Waals surface area (Å²) < 4.78 is 5.43. The highest BCUT2D eigenvalue weighted by Crippen LogP contribution is 2.15. The Kier molecular flexibility index (Phi) is 45.2. The Hall–Kier alpha value is -1.92. The Balaban J connectivity index is 3.58. The normalized spacial score (nSPS) is 13.0. The molecule has 0 aromatic rings. The number of hydrogen-bond acceptors (Lipinski definition) is 5. The molecular weight excluding hydrogens is 707 g/mol. The standard InChI is InChI=1S/C51H95NO5/c1-3-5-7-9-11-13-15-17-18-20-23-27-31-35-39-43-49(54)48(47-53)52-50(55)44-40-36-32-28-24-21-19-22-26-30-34-38-42-46-57-51(56)45-41-37-33-29-25-16-14-12-10-8-6-4-2/h12,14,21,24,32,36,48-49,53-54H,3-11,13,15-20,22-23,25-31,33-35,37-47H2,1-2H3,(H,52,55)/b14-12-,24-21-,36-32-. The summed E-state index contributed by atoms with van der Waals surface area (Å²) in [6.07, 6.45) is 55.5. The van der Waals surface area contributed by atoms with Crippen molar-refractivity contribution >= 4 is 11.9 Å². The maximum atomic E-state index is 12.4. The Morgan fingerprint density at radius 2 is 0.895 bits per heavy atom. The molecule has 0 saturated heterocycles. The van der Waals surface area contributed by atoms with E-state index in [4.69, 9.17) is 4.74 Å². The first-order valence-electron chi connectivity index (χ1n) is 24.7. The minimum atomic E-state index is -0.699. The third kappa shape index (κ3) is 43.5. The molecule has 6 nitrogen and oxygen atoms in total. The van der Waals surface area contributed by atoms with Gasteiger partial charge in [-0.25, -0.2) is 0 Å². The van der Waals surface area contributed by atoms with Gasteiger partial charge in [0.1, 0.15) is 0 Å². The van der Waals surface area contributed by atoms with Crippen LogP contribution in [0.1, 0.15) is 251 Å². The molecule has 0 bridgehead atoms. The lowest BCUT2D eigenvalue weighted by Gasteiger charge is -2.22. The molecule has 0 aromatic carbocycles. The van der Waals surface area contributed by atoms with Crippen LogP contribution in [0.4, 0.5) is 0 Å². The molecule has 6 heteroatoms. The average Bonchev–Trinajstić information content (AvgIpc) is 3.21. The molecule has 0 rings (SSSR count). The van der Waals surface area contributed by atoms with E-state index in [1.807, 2.05) is 6.08 Å². The Morgan fingerprint density at radius 1 is 0.491 bits per heavy atom. The number of nitrogens with one attached hydrogen (secondary N) is 1. The van der Waals surface area contributed by atoms with Gasteiger partial charge in [0.15, 0.2) is 0 Å². The molecule has 0 aromatic heterocycles. The van der Waals surface area contributed by atoms with Crippen LogP contribution in [0.15, 0.2) is 36.5 Å². The van der Waals surface area contributed by atoms with Gasteiger partial charge in [-0.3, -0.25) is 9.59 Å². The molecule has 0 spiro atoms. The zero-order valence-electron chi connectivity index (χ0n) is 37.8. The van der Waals surface area contributed by atoms with Crippen LogP contribution in [0.5, 0.6) is 0 Å². The van der Waals surface area contributed by atoms with E-state index in [0.29, 0.717) is 32.3 Å². The smallest absolute Gasteiger partial charge is 0.305 e. The topological polar surface area (TPSA) is 95.9 Å². The molecular formula is C51H95NO5. The number of aliphatic hydroxyl groups excluding tert-OH is 2. The highest BCUT2D eigenvalue weighted by atomic mass is 16.5. The number of esters is 1. The van der Waals surface area contributed by atoms with Crippen molar-refractivity contribution in [2.24, 2.45) is 0 Å². The van der Waals surface area contributed by atoms with Gasteiger partial charge in [0.05, 0.1) is 25.4 Å². The van der Waals surface area contributed by atoms with Crippen molar-refractivity contribution in [2.75, 3.05) is 13.2 Å². The van der Waals surface area contributed by atoms with Crippen molar-refractivity contribution in [1.82, 2.24) is 5.32 Å². The van der Waals surface area contributed by atoms with E-state index >= 15 is 0 Å². The van der Waals surface area contributed by atoms with E-state index in [-0.39, 0.29) is 18.5 Å². The van der Waals surface area contributed by atoms with E-state index in [9.17, 15) is 19.8 Å². The van der Waals surface area contributed by atoms with Crippen LogP contribution >= 0.6 is 0 Å². The first-order chi connectivity index (χ1) is 28.0. The van der Waals surface area contributed by atoms with Crippen LogP contribution in [-0.2, 0) is 14.3 Å². The van der Waals surface area contributed by atoms with E-state index in [0.717, 1.165) is 51.4 Å². The summed E-state index contributed by atoms with van der Waals surface area (Å²) >= 11 is 0. The van der Waals surface area contributed by atoms with Gasteiger partial charge in [0.25, 0.3) is 0 Å². The van der Waals surface area contributed by atoms with Gasteiger partial charge >= 0.3 is 5.97 Å². The maximum absolute atomic E-state index is 12.4. The fourth-order valence-corrected chi connectivity index (χ4v) is 7.33. The molecule has 334 valence electrons. The van der Waals surface area contributed by atoms with Crippen LogP contribution in [0.2, 0.25) is 0 Å². The van der Waals surface area contributed by atoms with Crippen LogP contribution in [0, 0.1) is 0 Å². The predicted molar refractivity (Wildman–Crippen MR) is 246 cm³/mol. The van der Waals surface area contributed by atoms with Crippen LogP contribution in [0.3, 0.4) is 0 Å². The largest absolute Gasteiger partial charge is 0.466 e. The van der Waals surface area contributed by atoms with Gasteiger partial charge in [-0.1, -0.05) is 204 Å². The zero-order chi connectivity index (χ0) is 41.5. The molecule has 0 heterocycles. The molecule has 0 fully saturated rings. The van der Waals surface area contributed by atoms with Gasteiger partial charge in [-0.05, 0) is 70.6 Å². The molecule has 1 amide bonds. The Labute approximate surface area is 353 Å². The zero-order valence-corrected chi connectivity index (χ0v) is 37.8. The average molecular weight is 802 g/mol. The molecule has 0 radical (unpaired) electrons. The van der Waals surface area contributed by atoms with Crippen molar-refractivity contribution < 1.29 is 24.5 Å². The number of carbonyl (C=O) groups excluding carboxylic acids is 2. The van der Waals surface area contributed by atoms with Gasteiger partial charge in [-0.2, -0.15) is 0 Å². The summed E-state index contributed by atoms with van der Waals surface area (Å²) in [5.74, 6) is -0.144. The van der Waals surface area contributed by atoms with Crippen molar-refractivity contribution in [2.45, 2.75) is 264 Å². The number of rotatable bonds is 45. The summed E-state index contributed by atoms with van der Waals surface area (Å²) in [5.41, 5.74) is 0. The lowest BCUT2D eigenvalue weighted by atomic mass is 10.0. The molecule has 2 unspecified atom stereocenters. The van der Waals surface area contributed by atoms with Crippen molar-refractivity contribution in [3.05, 3.63) is 36.5 Å². The summed E-state index contributed by atoms with van der Waals surface area (Å²) in [5, 5.41) is 23.1. The number of carbonyl (C=O) groups is 2. The number of aliphatic hydroxyl groups is 2. The van der Waals surface area contributed by atoms with E-state index < -0.39 is 12.1 Å². The fourth-order valence-electron chi connectivity index (χ4n) is 7.33. The second-order valence-electron chi connectivity index (χ2n) is 16.8. The molecule has 2 atom stereocenters. The van der Waals surface area contributed by atoms with Crippen molar-refractivity contribution in [3.8, 4) is 0 Å². The summed E-state index contributed by atoms with van der Waals surface area (Å²) in [7, 11) is 0. The lowest BCUT2D eigenvalue weighted by molar-refractivity contribution is -0.143. The summed E-state index contributed by atoms with van der Waals surface area (Å²) in [4.78, 5) is 24.4.